The fourth-order valence-electron chi connectivity index (χ4n) is 4.52. The first-order valence-corrected chi connectivity index (χ1v) is 10.7. The molecule has 0 bridgehead atoms. The smallest absolute Gasteiger partial charge is 0.336 e. The second-order valence-electron chi connectivity index (χ2n) is 8.51. The molecule has 5 rings (SSSR count). The number of nitrogens with zero attached hydrogens (tertiary/aromatic N) is 1. The molecule has 2 aromatic carbocycles. The van der Waals surface area contributed by atoms with Crippen molar-refractivity contribution in [2.75, 3.05) is 26.8 Å². The van der Waals surface area contributed by atoms with Crippen LogP contribution in [-0.4, -0.2) is 49.0 Å². The molecule has 8 heteroatoms. The van der Waals surface area contributed by atoms with Crippen molar-refractivity contribution < 1.29 is 28.2 Å². The highest BCUT2D eigenvalue weighted by atomic mass is 16.5. The normalized spacial score (nSPS) is 19.5. The Morgan fingerprint density at radius 3 is 2.76 bits per heavy atom. The number of amides is 1. The molecule has 2 aliphatic heterocycles. The maximum Gasteiger partial charge on any atom is 0.336 e. The molecule has 0 N–H and O–H groups in total. The summed E-state index contributed by atoms with van der Waals surface area (Å²) in [4.78, 5) is 38.8. The number of fused-ring (bicyclic) bond motifs is 2. The number of carbonyl (C=O) groups excluding carboxylic acids is 2. The summed E-state index contributed by atoms with van der Waals surface area (Å²) < 4.78 is 22.3. The van der Waals surface area contributed by atoms with E-state index in [0.717, 1.165) is 10.9 Å². The van der Waals surface area contributed by atoms with Crippen LogP contribution in [-0.2, 0) is 4.79 Å². The molecule has 3 heterocycles. The van der Waals surface area contributed by atoms with Crippen LogP contribution in [0, 0.1) is 6.92 Å². The van der Waals surface area contributed by atoms with E-state index in [-0.39, 0.29) is 24.7 Å². The van der Waals surface area contributed by atoms with Crippen molar-refractivity contribution in [1.29, 1.82) is 0 Å². The molecule has 170 valence electrons. The van der Waals surface area contributed by atoms with E-state index < -0.39 is 11.2 Å². The van der Waals surface area contributed by atoms with Gasteiger partial charge >= 0.3 is 5.63 Å². The lowest BCUT2D eigenvalue weighted by molar-refractivity contribution is -0.133. The van der Waals surface area contributed by atoms with Crippen molar-refractivity contribution in [2.45, 2.75) is 25.4 Å². The van der Waals surface area contributed by atoms with Gasteiger partial charge in [-0.15, -0.1) is 0 Å². The van der Waals surface area contributed by atoms with Gasteiger partial charge < -0.3 is 23.5 Å². The van der Waals surface area contributed by atoms with Crippen LogP contribution in [0.25, 0.3) is 11.0 Å². The molecule has 1 spiro atoms. The van der Waals surface area contributed by atoms with E-state index in [1.54, 1.807) is 48.4 Å². The number of hydrogen-bond acceptors (Lipinski definition) is 7. The molecular formula is C25H23NO7. The van der Waals surface area contributed by atoms with Gasteiger partial charge in [-0.25, -0.2) is 4.79 Å². The highest BCUT2D eigenvalue weighted by molar-refractivity contribution is 6.01. The van der Waals surface area contributed by atoms with Crippen molar-refractivity contribution in [2.24, 2.45) is 0 Å². The number of likely N-dealkylation sites (tertiary alicyclic amines) is 1. The van der Waals surface area contributed by atoms with E-state index in [0.29, 0.717) is 47.9 Å². The Balaban J connectivity index is 1.25. The van der Waals surface area contributed by atoms with Gasteiger partial charge in [0, 0.05) is 30.5 Å². The molecule has 1 aromatic heterocycles. The second kappa shape index (κ2) is 7.95. The van der Waals surface area contributed by atoms with Crippen molar-refractivity contribution in [1.82, 2.24) is 4.90 Å². The number of aryl methyl sites for hydroxylation is 1. The molecule has 0 radical (unpaired) electrons. The fourth-order valence-corrected chi connectivity index (χ4v) is 4.52. The predicted molar refractivity (Wildman–Crippen MR) is 119 cm³/mol. The second-order valence-corrected chi connectivity index (χ2v) is 8.51. The number of hydrogen-bond donors (Lipinski definition) is 0. The van der Waals surface area contributed by atoms with Gasteiger partial charge in [0.05, 0.1) is 25.6 Å². The topological polar surface area (TPSA) is 95.3 Å². The molecule has 1 fully saturated rings. The zero-order chi connectivity index (χ0) is 23.2. The number of rotatable bonds is 4. The summed E-state index contributed by atoms with van der Waals surface area (Å²) in [6.07, 6.45) is 0.775. The molecule has 0 aliphatic carbocycles. The molecule has 1 amide bonds. The van der Waals surface area contributed by atoms with Gasteiger partial charge in [0.25, 0.3) is 5.91 Å². The first kappa shape index (κ1) is 21.1. The highest BCUT2D eigenvalue weighted by Crippen LogP contribution is 2.40. The van der Waals surface area contributed by atoms with Crippen molar-refractivity contribution in [3.63, 3.8) is 0 Å². The number of carbonyl (C=O) groups is 2. The van der Waals surface area contributed by atoms with Gasteiger partial charge in [-0.05, 0) is 42.8 Å². The minimum atomic E-state index is -0.724. The van der Waals surface area contributed by atoms with Crippen molar-refractivity contribution in [3.05, 3.63) is 64.0 Å². The standard InChI is InChI=1S/C25H23NO7/c1-15-9-24(29)32-22-11-17(3-5-18(15)22)31-13-23(28)26-8-7-25(14-26)12-20(27)19-10-16(30-2)4-6-21(19)33-25/h3-6,9-11H,7-8,12-14H2,1-2H3. The summed E-state index contributed by atoms with van der Waals surface area (Å²) in [5.74, 6) is 1.34. The van der Waals surface area contributed by atoms with Crippen molar-refractivity contribution >= 4 is 22.7 Å². The first-order valence-electron chi connectivity index (χ1n) is 10.7. The van der Waals surface area contributed by atoms with Crippen LogP contribution in [0.4, 0.5) is 0 Å². The van der Waals surface area contributed by atoms with Gasteiger partial charge in [0.2, 0.25) is 0 Å². The van der Waals surface area contributed by atoms with Gasteiger partial charge in [0.15, 0.2) is 12.4 Å². The Labute approximate surface area is 189 Å². The Morgan fingerprint density at radius 2 is 1.94 bits per heavy atom. The Morgan fingerprint density at radius 1 is 1.12 bits per heavy atom. The zero-order valence-electron chi connectivity index (χ0n) is 18.4. The predicted octanol–water partition coefficient (Wildman–Crippen LogP) is 3.13. The van der Waals surface area contributed by atoms with Gasteiger partial charge in [0.1, 0.15) is 28.4 Å². The summed E-state index contributed by atoms with van der Waals surface area (Å²) in [6, 6.07) is 11.8. The van der Waals surface area contributed by atoms with Crippen LogP contribution in [0.2, 0.25) is 0 Å². The Bertz CT molecular complexity index is 1330. The molecule has 1 unspecified atom stereocenters. The van der Waals surface area contributed by atoms with E-state index >= 15 is 0 Å². The molecule has 0 saturated carbocycles. The van der Waals surface area contributed by atoms with Crippen LogP contribution in [0.3, 0.4) is 0 Å². The quantitative estimate of drug-likeness (QED) is 0.565. The molecule has 2 aliphatic rings. The van der Waals surface area contributed by atoms with Crippen LogP contribution < -0.4 is 19.8 Å². The maximum absolute atomic E-state index is 12.8. The SMILES string of the molecule is COc1ccc2c(c1)C(=O)CC1(CCN(C(=O)COc3ccc4c(C)cc(=O)oc4c3)C1)O2. The van der Waals surface area contributed by atoms with E-state index in [1.807, 2.05) is 6.92 Å². The summed E-state index contributed by atoms with van der Waals surface area (Å²) >= 11 is 0. The van der Waals surface area contributed by atoms with Crippen LogP contribution in [0.1, 0.15) is 28.8 Å². The average molecular weight is 449 g/mol. The number of Topliss-reactive ketones (excluding diaryl/α,β-unsaturated/α-hetero) is 1. The Kier molecular flexibility index (Phi) is 5.08. The lowest BCUT2D eigenvalue weighted by atomic mass is 9.89. The monoisotopic (exact) mass is 449 g/mol. The lowest BCUT2D eigenvalue weighted by Crippen LogP contribution is -2.45. The number of ether oxygens (including phenoxy) is 3. The third-order valence-electron chi connectivity index (χ3n) is 6.25. The zero-order valence-corrected chi connectivity index (χ0v) is 18.4. The largest absolute Gasteiger partial charge is 0.497 e. The van der Waals surface area contributed by atoms with E-state index in [1.165, 1.54) is 6.07 Å². The van der Waals surface area contributed by atoms with E-state index in [9.17, 15) is 14.4 Å². The van der Waals surface area contributed by atoms with Gasteiger partial charge in [-0.1, -0.05) is 0 Å². The van der Waals surface area contributed by atoms with Crippen LogP contribution >= 0.6 is 0 Å². The number of benzene rings is 2. The molecule has 1 atom stereocenters. The summed E-state index contributed by atoms with van der Waals surface area (Å²) in [5, 5.41) is 0.812. The number of methoxy groups -OCH3 is 1. The van der Waals surface area contributed by atoms with E-state index in [4.69, 9.17) is 18.6 Å². The minimum Gasteiger partial charge on any atom is -0.497 e. The maximum atomic E-state index is 12.8. The first-order chi connectivity index (χ1) is 15.9. The third kappa shape index (κ3) is 3.92. The number of ketones is 1. The van der Waals surface area contributed by atoms with Crippen LogP contribution in [0.15, 0.2) is 51.7 Å². The average Bonchev–Trinajstić information content (AvgIpc) is 3.19. The lowest BCUT2D eigenvalue weighted by Gasteiger charge is -2.34. The fraction of sp³-hybridized carbons (Fsp3) is 0.320. The molecule has 3 aromatic rings. The summed E-state index contributed by atoms with van der Waals surface area (Å²) in [6.45, 7) is 2.46. The summed E-state index contributed by atoms with van der Waals surface area (Å²) in [7, 11) is 1.55. The molecular weight excluding hydrogens is 426 g/mol. The van der Waals surface area contributed by atoms with E-state index in [2.05, 4.69) is 0 Å². The highest BCUT2D eigenvalue weighted by Gasteiger charge is 2.47. The van der Waals surface area contributed by atoms with Gasteiger partial charge in [-0.2, -0.15) is 0 Å². The Hall–Kier alpha value is -3.81. The van der Waals surface area contributed by atoms with Crippen LogP contribution in [0.5, 0.6) is 17.2 Å². The molecule has 33 heavy (non-hydrogen) atoms. The minimum absolute atomic E-state index is 0.0198. The summed E-state index contributed by atoms with van der Waals surface area (Å²) in [5.41, 5.74) is 0.574. The third-order valence-corrected chi connectivity index (χ3v) is 6.25. The van der Waals surface area contributed by atoms with Gasteiger partial charge in [-0.3, -0.25) is 9.59 Å². The molecule has 1 saturated heterocycles. The molecule has 8 nitrogen and oxygen atoms in total. The van der Waals surface area contributed by atoms with Crippen molar-refractivity contribution in [3.8, 4) is 17.2 Å².